The standard InChI is InChI=1S/C18H33NOS/c1-3-14-4-6-15(7-5-14)17(19-2)16-8-10-20-18(12-16)9-11-21-13-18/h14-17,19H,3-13H2,1-2H3. The van der Waals surface area contributed by atoms with E-state index in [-0.39, 0.29) is 5.60 Å². The smallest absolute Gasteiger partial charge is 0.0783 e. The molecule has 3 rings (SSSR count). The molecule has 2 saturated heterocycles. The van der Waals surface area contributed by atoms with Gasteiger partial charge in [0.25, 0.3) is 0 Å². The monoisotopic (exact) mass is 311 g/mol. The molecule has 3 heteroatoms. The van der Waals surface area contributed by atoms with E-state index in [1.54, 1.807) is 0 Å². The van der Waals surface area contributed by atoms with Gasteiger partial charge in [-0.3, -0.25) is 0 Å². The maximum absolute atomic E-state index is 6.22. The van der Waals surface area contributed by atoms with E-state index >= 15 is 0 Å². The minimum absolute atomic E-state index is 0.239. The lowest BCUT2D eigenvalue weighted by Crippen LogP contribution is -2.49. The summed E-state index contributed by atoms with van der Waals surface area (Å²) in [4.78, 5) is 0. The molecule has 3 fully saturated rings. The van der Waals surface area contributed by atoms with Gasteiger partial charge in [0.15, 0.2) is 0 Å². The van der Waals surface area contributed by atoms with Gasteiger partial charge in [0.1, 0.15) is 0 Å². The summed E-state index contributed by atoms with van der Waals surface area (Å²) in [5.74, 6) is 5.30. The summed E-state index contributed by atoms with van der Waals surface area (Å²) < 4.78 is 6.22. The lowest BCUT2D eigenvalue weighted by molar-refractivity contribution is -0.0891. The van der Waals surface area contributed by atoms with Crippen molar-refractivity contribution in [1.82, 2.24) is 5.32 Å². The highest BCUT2D eigenvalue weighted by Gasteiger charge is 2.43. The molecular weight excluding hydrogens is 278 g/mol. The van der Waals surface area contributed by atoms with Crippen LogP contribution < -0.4 is 5.32 Å². The number of rotatable bonds is 4. The Balaban J connectivity index is 1.60. The Kier molecular flexibility index (Phi) is 5.55. The van der Waals surface area contributed by atoms with E-state index in [1.165, 1.54) is 62.9 Å². The molecule has 0 bridgehead atoms. The Morgan fingerprint density at radius 1 is 1.19 bits per heavy atom. The quantitative estimate of drug-likeness (QED) is 0.845. The lowest BCUT2D eigenvalue weighted by atomic mass is 9.71. The molecule has 0 radical (unpaired) electrons. The summed E-state index contributed by atoms with van der Waals surface area (Å²) in [7, 11) is 2.20. The molecule has 1 spiro atoms. The normalized spacial score (nSPS) is 42.3. The molecule has 2 aliphatic heterocycles. The molecule has 1 N–H and O–H groups in total. The highest BCUT2D eigenvalue weighted by atomic mass is 32.2. The second-order valence-corrected chi connectivity index (χ2v) is 8.70. The van der Waals surface area contributed by atoms with Crippen LogP contribution in [0, 0.1) is 17.8 Å². The fourth-order valence-electron chi connectivity index (χ4n) is 5.05. The SMILES string of the molecule is CCC1CCC(C(NC)C2CCOC3(CCSC3)C2)CC1. The summed E-state index contributed by atoms with van der Waals surface area (Å²) >= 11 is 2.09. The zero-order valence-electron chi connectivity index (χ0n) is 13.9. The third kappa shape index (κ3) is 3.61. The van der Waals surface area contributed by atoms with Gasteiger partial charge in [0, 0.05) is 18.4 Å². The molecule has 1 saturated carbocycles. The number of hydrogen-bond acceptors (Lipinski definition) is 3. The molecule has 0 aromatic rings. The molecule has 122 valence electrons. The van der Waals surface area contributed by atoms with Crippen LogP contribution >= 0.6 is 11.8 Å². The van der Waals surface area contributed by atoms with Crippen LogP contribution in [0.3, 0.4) is 0 Å². The van der Waals surface area contributed by atoms with Gasteiger partial charge in [-0.15, -0.1) is 0 Å². The molecular formula is C18H33NOS. The molecule has 0 amide bonds. The van der Waals surface area contributed by atoms with Crippen LogP contribution in [0.4, 0.5) is 0 Å². The molecule has 2 heterocycles. The minimum Gasteiger partial charge on any atom is -0.374 e. The van der Waals surface area contributed by atoms with Gasteiger partial charge in [-0.25, -0.2) is 0 Å². The van der Waals surface area contributed by atoms with E-state index in [1.807, 2.05) is 0 Å². The van der Waals surface area contributed by atoms with Gasteiger partial charge < -0.3 is 10.1 Å². The Labute approximate surface area is 135 Å². The van der Waals surface area contributed by atoms with Crippen LogP contribution in [0.15, 0.2) is 0 Å². The average Bonchev–Trinajstić information content (AvgIpc) is 2.96. The molecule has 3 unspecified atom stereocenters. The van der Waals surface area contributed by atoms with E-state index in [0.717, 1.165) is 30.4 Å². The van der Waals surface area contributed by atoms with E-state index in [0.29, 0.717) is 0 Å². The number of nitrogens with one attached hydrogen (secondary N) is 1. The van der Waals surface area contributed by atoms with Gasteiger partial charge in [0.05, 0.1) is 5.60 Å². The van der Waals surface area contributed by atoms with Crippen molar-refractivity contribution < 1.29 is 4.74 Å². The molecule has 3 atom stereocenters. The first kappa shape index (κ1) is 16.1. The summed E-state index contributed by atoms with van der Waals surface area (Å²) in [6, 6.07) is 0.731. The highest BCUT2D eigenvalue weighted by Crippen LogP contribution is 2.44. The van der Waals surface area contributed by atoms with Crippen molar-refractivity contribution >= 4 is 11.8 Å². The van der Waals surface area contributed by atoms with Crippen molar-refractivity contribution in [1.29, 1.82) is 0 Å². The van der Waals surface area contributed by atoms with E-state index in [2.05, 4.69) is 31.1 Å². The van der Waals surface area contributed by atoms with Gasteiger partial charge in [-0.05, 0) is 62.7 Å². The first-order valence-electron chi connectivity index (χ1n) is 9.15. The van der Waals surface area contributed by atoms with Crippen molar-refractivity contribution in [3.63, 3.8) is 0 Å². The summed E-state index contributed by atoms with van der Waals surface area (Å²) in [5.41, 5.74) is 0.239. The molecule has 1 aliphatic carbocycles. The fourth-order valence-corrected chi connectivity index (χ4v) is 6.43. The van der Waals surface area contributed by atoms with E-state index in [9.17, 15) is 0 Å². The molecule has 2 nitrogen and oxygen atoms in total. The van der Waals surface area contributed by atoms with Gasteiger partial charge in [-0.1, -0.05) is 26.2 Å². The third-order valence-corrected chi connectivity index (χ3v) is 7.64. The van der Waals surface area contributed by atoms with Crippen LogP contribution in [0.2, 0.25) is 0 Å². The highest BCUT2D eigenvalue weighted by molar-refractivity contribution is 7.99. The predicted octanol–water partition coefficient (Wildman–Crippen LogP) is 4.09. The Morgan fingerprint density at radius 2 is 2.00 bits per heavy atom. The first-order valence-corrected chi connectivity index (χ1v) is 10.3. The fraction of sp³-hybridized carbons (Fsp3) is 1.00. The zero-order chi connectivity index (χ0) is 14.7. The molecule has 0 aromatic heterocycles. The topological polar surface area (TPSA) is 21.3 Å². The minimum atomic E-state index is 0.239. The van der Waals surface area contributed by atoms with E-state index < -0.39 is 0 Å². The van der Waals surface area contributed by atoms with Gasteiger partial charge in [0.2, 0.25) is 0 Å². The summed E-state index contributed by atoms with van der Waals surface area (Å²) in [6.45, 7) is 3.36. The van der Waals surface area contributed by atoms with Crippen LogP contribution in [-0.4, -0.2) is 36.8 Å². The second kappa shape index (κ2) is 7.23. The number of hydrogen-bond donors (Lipinski definition) is 1. The van der Waals surface area contributed by atoms with Crippen LogP contribution in [-0.2, 0) is 4.74 Å². The van der Waals surface area contributed by atoms with Crippen LogP contribution in [0.1, 0.15) is 58.3 Å². The third-order valence-electron chi connectivity index (χ3n) is 6.42. The Morgan fingerprint density at radius 3 is 2.62 bits per heavy atom. The Bertz CT molecular complexity index is 321. The maximum Gasteiger partial charge on any atom is 0.0783 e. The van der Waals surface area contributed by atoms with Crippen LogP contribution in [0.25, 0.3) is 0 Å². The van der Waals surface area contributed by atoms with Crippen molar-refractivity contribution in [2.24, 2.45) is 17.8 Å². The van der Waals surface area contributed by atoms with Gasteiger partial charge in [-0.2, -0.15) is 11.8 Å². The molecule has 21 heavy (non-hydrogen) atoms. The van der Waals surface area contributed by atoms with E-state index in [4.69, 9.17) is 4.74 Å². The van der Waals surface area contributed by atoms with Crippen molar-refractivity contribution in [3.8, 4) is 0 Å². The first-order chi connectivity index (χ1) is 10.3. The predicted molar refractivity (Wildman–Crippen MR) is 91.9 cm³/mol. The second-order valence-electron chi connectivity index (χ2n) is 7.59. The van der Waals surface area contributed by atoms with Crippen LogP contribution in [0.5, 0.6) is 0 Å². The number of ether oxygens (including phenoxy) is 1. The van der Waals surface area contributed by atoms with Crippen molar-refractivity contribution in [2.45, 2.75) is 69.9 Å². The average molecular weight is 312 g/mol. The maximum atomic E-state index is 6.22. The largest absolute Gasteiger partial charge is 0.374 e. The lowest BCUT2D eigenvalue weighted by Gasteiger charge is -2.44. The zero-order valence-corrected chi connectivity index (χ0v) is 14.7. The van der Waals surface area contributed by atoms with Gasteiger partial charge >= 0.3 is 0 Å². The van der Waals surface area contributed by atoms with Crippen molar-refractivity contribution in [2.75, 3.05) is 25.2 Å². The Hall–Kier alpha value is 0.270. The molecule has 0 aromatic carbocycles. The number of thioether (sulfide) groups is 1. The summed E-state index contributed by atoms with van der Waals surface area (Å²) in [6.07, 6.45) is 11.1. The van der Waals surface area contributed by atoms with Crippen molar-refractivity contribution in [3.05, 3.63) is 0 Å². The summed E-state index contributed by atoms with van der Waals surface area (Å²) in [5, 5.41) is 3.72. The molecule has 3 aliphatic rings.